The van der Waals surface area contributed by atoms with Gasteiger partial charge in [0.15, 0.2) is 0 Å². The molecule has 0 atom stereocenters. The number of nitrogens with zero attached hydrogens (tertiary/aromatic N) is 1. The van der Waals surface area contributed by atoms with Crippen LogP contribution in [0, 0.1) is 0 Å². The fourth-order valence-electron chi connectivity index (χ4n) is 1.14. The average molecular weight is 164 g/mol. The first-order valence-electron chi connectivity index (χ1n) is 4.14. The van der Waals surface area contributed by atoms with Crippen molar-refractivity contribution in [3.05, 3.63) is 24.5 Å². The molecule has 2 rings (SSSR count). The molecule has 1 aliphatic rings. The summed E-state index contributed by atoms with van der Waals surface area (Å²) in [5, 5.41) is 0. The monoisotopic (exact) mass is 164 g/mol. The van der Waals surface area contributed by atoms with E-state index in [1.807, 2.05) is 12.1 Å². The second-order valence-corrected chi connectivity index (χ2v) is 3.18. The molecule has 1 fully saturated rings. The summed E-state index contributed by atoms with van der Waals surface area (Å²) in [5.41, 5.74) is 5.50. The molecular weight excluding hydrogens is 152 g/mol. The Kier molecular flexibility index (Phi) is 1.73. The van der Waals surface area contributed by atoms with Gasteiger partial charge in [-0.1, -0.05) is 0 Å². The van der Waals surface area contributed by atoms with Crippen molar-refractivity contribution in [2.75, 3.05) is 6.54 Å². The van der Waals surface area contributed by atoms with E-state index in [0.29, 0.717) is 6.54 Å². The Morgan fingerprint density at radius 3 is 2.92 bits per heavy atom. The zero-order valence-corrected chi connectivity index (χ0v) is 6.86. The average Bonchev–Trinajstić information content (AvgIpc) is 2.88. The summed E-state index contributed by atoms with van der Waals surface area (Å²) in [6.45, 7) is 0.599. The van der Waals surface area contributed by atoms with E-state index in [9.17, 15) is 0 Å². The van der Waals surface area contributed by atoms with Crippen molar-refractivity contribution in [3.8, 4) is 5.75 Å². The third kappa shape index (κ3) is 1.41. The number of pyridine rings is 1. The van der Waals surface area contributed by atoms with Crippen LogP contribution in [-0.4, -0.2) is 17.1 Å². The number of aromatic nitrogens is 1. The molecule has 0 unspecified atom stereocenters. The molecule has 64 valence electrons. The second kappa shape index (κ2) is 2.75. The van der Waals surface area contributed by atoms with E-state index in [0.717, 1.165) is 18.6 Å². The van der Waals surface area contributed by atoms with Crippen LogP contribution in [0.25, 0.3) is 0 Å². The zero-order chi connectivity index (χ0) is 8.44. The van der Waals surface area contributed by atoms with Crippen LogP contribution in [0.4, 0.5) is 0 Å². The summed E-state index contributed by atoms with van der Waals surface area (Å²) >= 11 is 0. The van der Waals surface area contributed by atoms with Gasteiger partial charge in [-0.15, -0.1) is 0 Å². The van der Waals surface area contributed by atoms with Crippen LogP contribution in [0.5, 0.6) is 5.75 Å². The van der Waals surface area contributed by atoms with Gasteiger partial charge in [-0.25, -0.2) is 0 Å². The van der Waals surface area contributed by atoms with Crippen LogP contribution < -0.4 is 10.5 Å². The SMILES string of the molecule is NCC1(Oc2cccnc2)CC1. The molecule has 0 amide bonds. The molecule has 1 aromatic heterocycles. The summed E-state index contributed by atoms with van der Waals surface area (Å²) in [4.78, 5) is 3.97. The van der Waals surface area contributed by atoms with Crippen molar-refractivity contribution >= 4 is 0 Å². The summed E-state index contributed by atoms with van der Waals surface area (Å²) in [6.07, 6.45) is 5.58. The smallest absolute Gasteiger partial charge is 0.138 e. The van der Waals surface area contributed by atoms with E-state index in [2.05, 4.69) is 4.98 Å². The van der Waals surface area contributed by atoms with Gasteiger partial charge in [0, 0.05) is 12.7 Å². The van der Waals surface area contributed by atoms with Crippen LogP contribution in [0.1, 0.15) is 12.8 Å². The Balaban J connectivity index is 2.04. The van der Waals surface area contributed by atoms with Crippen LogP contribution in [0.3, 0.4) is 0 Å². The third-order valence-electron chi connectivity index (χ3n) is 2.15. The van der Waals surface area contributed by atoms with E-state index in [1.165, 1.54) is 0 Å². The topological polar surface area (TPSA) is 48.1 Å². The van der Waals surface area contributed by atoms with Crippen molar-refractivity contribution in [1.82, 2.24) is 4.98 Å². The lowest BCUT2D eigenvalue weighted by Gasteiger charge is -2.14. The molecule has 12 heavy (non-hydrogen) atoms. The predicted octanol–water partition coefficient (Wildman–Crippen LogP) is 0.952. The predicted molar refractivity (Wildman–Crippen MR) is 45.9 cm³/mol. The fourth-order valence-corrected chi connectivity index (χ4v) is 1.14. The summed E-state index contributed by atoms with van der Waals surface area (Å²) in [5.74, 6) is 0.820. The molecule has 0 radical (unpaired) electrons. The Hall–Kier alpha value is -1.09. The van der Waals surface area contributed by atoms with Crippen molar-refractivity contribution in [2.45, 2.75) is 18.4 Å². The number of rotatable bonds is 3. The quantitative estimate of drug-likeness (QED) is 0.723. The van der Waals surface area contributed by atoms with Crippen molar-refractivity contribution in [2.24, 2.45) is 5.73 Å². The van der Waals surface area contributed by atoms with Gasteiger partial charge in [-0.3, -0.25) is 4.98 Å². The molecule has 0 aromatic carbocycles. The minimum atomic E-state index is -0.0664. The molecule has 0 saturated heterocycles. The number of hydrogen-bond acceptors (Lipinski definition) is 3. The third-order valence-corrected chi connectivity index (χ3v) is 2.15. The molecule has 0 aliphatic heterocycles. The molecule has 1 saturated carbocycles. The van der Waals surface area contributed by atoms with Gasteiger partial charge in [-0.05, 0) is 25.0 Å². The van der Waals surface area contributed by atoms with Gasteiger partial charge in [0.1, 0.15) is 11.4 Å². The largest absolute Gasteiger partial charge is 0.484 e. The van der Waals surface area contributed by atoms with E-state index in [1.54, 1.807) is 12.4 Å². The molecule has 0 bridgehead atoms. The maximum Gasteiger partial charge on any atom is 0.138 e. The first-order chi connectivity index (χ1) is 5.85. The highest BCUT2D eigenvalue weighted by Gasteiger charge is 2.44. The standard InChI is InChI=1S/C9H12N2O/c10-7-9(3-4-9)12-8-2-1-5-11-6-8/h1-2,5-6H,3-4,7,10H2. The lowest BCUT2D eigenvalue weighted by atomic mass is 10.3. The highest BCUT2D eigenvalue weighted by molar-refractivity contribution is 5.19. The molecule has 1 heterocycles. The molecule has 3 heteroatoms. The Morgan fingerprint density at radius 1 is 1.58 bits per heavy atom. The highest BCUT2D eigenvalue weighted by Crippen LogP contribution is 2.38. The van der Waals surface area contributed by atoms with E-state index in [4.69, 9.17) is 10.5 Å². The minimum absolute atomic E-state index is 0.0664. The lowest BCUT2D eigenvalue weighted by molar-refractivity contribution is 0.187. The first kappa shape index (κ1) is 7.55. The Morgan fingerprint density at radius 2 is 2.42 bits per heavy atom. The maximum atomic E-state index is 5.67. The van der Waals surface area contributed by atoms with Gasteiger partial charge in [0.05, 0.1) is 6.20 Å². The van der Waals surface area contributed by atoms with Gasteiger partial charge < -0.3 is 10.5 Å². The van der Waals surface area contributed by atoms with Crippen LogP contribution >= 0.6 is 0 Å². The number of nitrogens with two attached hydrogens (primary N) is 1. The number of ether oxygens (including phenoxy) is 1. The Bertz CT molecular complexity index is 256. The van der Waals surface area contributed by atoms with Crippen molar-refractivity contribution < 1.29 is 4.74 Å². The minimum Gasteiger partial charge on any atom is -0.484 e. The number of hydrogen-bond donors (Lipinski definition) is 1. The molecule has 1 aliphatic carbocycles. The van der Waals surface area contributed by atoms with Crippen molar-refractivity contribution in [3.63, 3.8) is 0 Å². The van der Waals surface area contributed by atoms with E-state index in [-0.39, 0.29) is 5.60 Å². The molecule has 0 spiro atoms. The van der Waals surface area contributed by atoms with Gasteiger partial charge in [0.2, 0.25) is 0 Å². The molecule has 1 aromatic rings. The van der Waals surface area contributed by atoms with Gasteiger partial charge >= 0.3 is 0 Å². The lowest BCUT2D eigenvalue weighted by Crippen LogP contribution is -2.28. The van der Waals surface area contributed by atoms with Crippen LogP contribution in [0.2, 0.25) is 0 Å². The summed E-state index contributed by atoms with van der Waals surface area (Å²) in [7, 11) is 0. The maximum absolute atomic E-state index is 5.67. The van der Waals surface area contributed by atoms with Gasteiger partial charge in [0.25, 0.3) is 0 Å². The molecule has 2 N–H and O–H groups in total. The van der Waals surface area contributed by atoms with Crippen LogP contribution in [0.15, 0.2) is 24.5 Å². The van der Waals surface area contributed by atoms with Gasteiger partial charge in [-0.2, -0.15) is 0 Å². The second-order valence-electron chi connectivity index (χ2n) is 3.18. The van der Waals surface area contributed by atoms with Crippen LogP contribution in [-0.2, 0) is 0 Å². The summed E-state index contributed by atoms with van der Waals surface area (Å²) < 4.78 is 5.67. The Labute approximate surface area is 71.6 Å². The molecule has 3 nitrogen and oxygen atoms in total. The fraction of sp³-hybridized carbons (Fsp3) is 0.444. The zero-order valence-electron chi connectivity index (χ0n) is 6.86. The normalized spacial score (nSPS) is 18.8. The van der Waals surface area contributed by atoms with Crippen molar-refractivity contribution in [1.29, 1.82) is 0 Å². The molecular formula is C9H12N2O. The highest BCUT2D eigenvalue weighted by atomic mass is 16.5. The van der Waals surface area contributed by atoms with E-state index >= 15 is 0 Å². The van der Waals surface area contributed by atoms with E-state index < -0.39 is 0 Å². The first-order valence-corrected chi connectivity index (χ1v) is 4.14. The summed E-state index contributed by atoms with van der Waals surface area (Å²) in [6, 6.07) is 3.77.